The number of methoxy groups -OCH3 is 1. The number of sulfone groups is 1. The third kappa shape index (κ3) is 5.14. The van der Waals surface area contributed by atoms with Crippen molar-refractivity contribution in [3.63, 3.8) is 0 Å². The highest BCUT2D eigenvalue weighted by Gasteiger charge is 2.26. The van der Waals surface area contributed by atoms with Crippen molar-refractivity contribution in [1.29, 1.82) is 0 Å². The maximum Gasteiger partial charge on any atom is 0.151 e. The molecular formula is C8H17ClNO3S-. The molecule has 0 aromatic heterocycles. The van der Waals surface area contributed by atoms with Crippen molar-refractivity contribution in [3.8, 4) is 0 Å². The average Bonchev–Trinajstić information content (AvgIpc) is 2.40. The van der Waals surface area contributed by atoms with Crippen molar-refractivity contribution in [3.05, 3.63) is 0 Å². The lowest BCUT2D eigenvalue weighted by Crippen LogP contribution is -3.00. The summed E-state index contributed by atoms with van der Waals surface area (Å²) >= 11 is 0. The maximum absolute atomic E-state index is 11.1. The topological polar surface area (TPSA) is 55.4 Å². The van der Waals surface area contributed by atoms with Crippen molar-refractivity contribution in [1.82, 2.24) is 5.32 Å². The lowest BCUT2D eigenvalue weighted by molar-refractivity contribution is -0.00000574. The van der Waals surface area contributed by atoms with Crippen LogP contribution in [0.15, 0.2) is 0 Å². The summed E-state index contributed by atoms with van der Waals surface area (Å²) in [6, 6.07) is 0.168. The Bertz CT molecular complexity index is 243. The van der Waals surface area contributed by atoms with Crippen molar-refractivity contribution in [2.75, 3.05) is 31.8 Å². The first-order chi connectivity index (χ1) is 6.14. The lowest BCUT2D eigenvalue weighted by Gasteiger charge is -2.09. The molecule has 1 N–H and O–H groups in total. The van der Waals surface area contributed by atoms with Gasteiger partial charge in [-0.25, -0.2) is 8.42 Å². The molecule has 1 saturated heterocycles. The number of rotatable bonds is 5. The molecule has 0 radical (unpaired) electrons. The molecule has 0 saturated carbocycles. The van der Waals surface area contributed by atoms with E-state index in [0.717, 1.165) is 26.0 Å². The monoisotopic (exact) mass is 242 g/mol. The average molecular weight is 243 g/mol. The number of ether oxygens (including phenoxy) is 1. The second-order valence-electron chi connectivity index (χ2n) is 3.40. The summed E-state index contributed by atoms with van der Waals surface area (Å²) in [6.07, 6.45) is 1.70. The molecule has 1 heterocycles. The quantitative estimate of drug-likeness (QED) is 0.516. The molecule has 0 aliphatic carbocycles. The van der Waals surface area contributed by atoms with Gasteiger partial charge in [0.15, 0.2) is 9.84 Å². The summed E-state index contributed by atoms with van der Waals surface area (Å²) in [6.45, 7) is 1.57. The Labute approximate surface area is 91.7 Å². The molecule has 1 rings (SSSR count). The van der Waals surface area contributed by atoms with Gasteiger partial charge in [0.05, 0.1) is 11.5 Å². The highest BCUT2D eigenvalue weighted by Crippen LogP contribution is 2.10. The fourth-order valence-electron chi connectivity index (χ4n) is 1.48. The molecule has 0 amide bonds. The predicted molar refractivity (Wildman–Crippen MR) is 51.6 cm³/mol. The SMILES string of the molecule is COCCCNC1CCS(=O)(=O)C1.[Cl-]. The van der Waals surface area contributed by atoms with Gasteiger partial charge in [-0.1, -0.05) is 0 Å². The van der Waals surface area contributed by atoms with E-state index >= 15 is 0 Å². The van der Waals surface area contributed by atoms with Crippen LogP contribution in [0.3, 0.4) is 0 Å². The van der Waals surface area contributed by atoms with Crippen LogP contribution in [0.4, 0.5) is 0 Å². The largest absolute Gasteiger partial charge is 1.00 e. The fraction of sp³-hybridized carbons (Fsp3) is 1.00. The van der Waals surface area contributed by atoms with Crippen LogP contribution in [-0.4, -0.2) is 46.2 Å². The van der Waals surface area contributed by atoms with Gasteiger partial charge in [0.2, 0.25) is 0 Å². The van der Waals surface area contributed by atoms with Gasteiger partial charge in [-0.15, -0.1) is 0 Å². The second-order valence-corrected chi connectivity index (χ2v) is 5.63. The Morgan fingerprint density at radius 1 is 1.50 bits per heavy atom. The smallest absolute Gasteiger partial charge is 0.151 e. The van der Waals surface area contributed by atoms with Gasteiger partial charge in [-0.05, 0) is 19.4 Å². The summed E-state index contributed by atoms with van der Waals surface area (Å²) in [4.78, 5) is 0. The molecule has 0 aromatic rings. The Morgan fingerprint density at radius 2 is 2.21 bits per heavy atom. The normalized spacial score (nSPS) is 24.5. The van der Waals surface area contributed by atoms with Crippen LogP contribution < -0.4 is 17.7 Å². The van der Waals surface area contributed by atoms with Crippen LogP contribution in [-0.2, 0) is 14.6 Å². The maximum atomic E-state index is 11.1. The molecule has 1 unspecified atom stereocenters. The van der Waals surface area contributed by atoms with Crippen molar-refractivity contribution in [2.24, 2.45) is 0 Å². The van der Waals surface area contributed by atoms with E-state index in [0.29, 0.717) is 11.5 Å². The van der Waals surface area contributed by atoms with Crippen LogP contribution in [0.25, 0.3) is 0 Å². The summed E-state index contributed by atoms with van der Waals surface area (Å²) in [7, 11) is -1.07. The number of halogens is 1. The van der Waals surface area contributed by atoms with Crippen LogP contribution in [0.5, 0.6) is 0 Å². The van der Waals surface area contributed by atoms with E-state index in [9.17, 15) is 8.42 Å². The van der Waals surface area contributed by atoms with Crippen LogP contribution in [0, 0.1) is 0 Å². The fourth-order valence-corrected chi connectivity index (χ4v) is 3.19. The van der Waals surface area contributed by atoms with E-state index < -0.39 is 9.84 Å². The number of hydrogen-bond donors (Lipinski definition) is 1. The minimum absolute atomic E-state index is 0. The molecule has 1 atom stereocenters. The zero-order valence-electron chi connectivity index (χ0n) is 8.33. The lowest BCUT2D eigenvalue weighted by atomic mass is 10.2. The van der Waals surface area contributed by atoms with Gasteiger partial charge in [0.1, 0.15) is 0 Å². The predicted octanol–water partition coefficient (Wildman–Crippen LogP) is -3.20. The third-order valence-corrected chi connectivity index (χ3v) is 3.96. The molecule has 86 valence electrons. The van der Waals surface area contributed by atoms with Crippen LogP contribution >= 0.6 is 0 Å². The summed E-state index contributed by atoms with van der Waals surface area (Å²) < 4.78 is 27.0. The van der Waals surface area contributed by atoms with E-state index in [2.05, 4.69) is 5.32 Å². The van der Waals surface area contributed by atoms with Crippen LogP contribution in [0.1, 0.15) is 12.8 Å². The molecule has 0 spiro atoms. The van der Waals surface area contributed by atoms with E-state index in [1.54, 1.807) is 7.11 Å². The minimum atomic E-state index is -2.73. The summed E-state index contributed by atoms with van der Waals surface area (Å²) in [5.41, 5.74) is 0. The van der Waals surface area contributed by atoms with E-state index in [1.165, 1.54) is 0 Å². The molecular weight excluding hydrogens is 226 g/mol. The standard InChI is InChI=1S/C8H17NO3S.ClH/c1-12-5-2-4-9-8-3-6-13(10,11)7-8;/h8-9H,2-7H2,1H3;1H/p-1. The van der Waals surface area contributed by atoms with Crippen LogP contribution in [0.2, 0.25) is 0 Å². The molecule has 14 heavy (non-hydrogen) atoms. The highest BCUT2D eigenvalue weighted by molar-refractivity contribution is 7.91. The van der Waals surface area contributed by atoms with Gasteiger partial charge >= 0.3 is 0 Å². The molecule has 1 aliphatic heterocycles. The Kier molecular flexibility index (Phi) is 6.68. The number of nitrogens with one attached hydrogen (secondary N) is 1. The van der Waals surface area contributed by atoms with E-state index in [1.807, 2.05) is 0 Å². The Balaban J connectivity index is 0.00000169. The number of hydrogen-bond acceptors (Lipinski definition) is 4. The first kappa shape index (κ1) is 14.2. The second kappa shape index (κ2) is 6.61. The van der Waals surface area contributed by atoms with Gasteiger partial charge in [0.25, 0.3) is 0 Å². The molecule has 4 nitrogen and oxygen atoms in total. The van der Waals surface area contributed by atoms with Crippen molar-refractivity contribution < 1.29 is 25.6 Å². The van der Waals surface area contributed by atoms with Gasteiger partial charge < -0.3 is 22.5 Å². The molecule has 1 fully saturated rings. The zero-order valence-corrected chi connectivity index (χ0v) is 9.90. The minimum Gasteiger partial charge on any atom is -1.00 e. The van der Waals surface area contributed by atoms with Gasteiger partial charge in [0, 0.05) is 19.8 Å². The summed E-state index contributed by atoms with van der Waals surface area (Å²) in [5, 5.41) is 3.21. The van der Waals surface area contributed by atoms with Crippen molar-refractivity contribution >= 4 is 9.84 Å². The highest BCUT2D eigenvalue weighted by atomic mass is 35.5. The first-order valence-electron chi connectivity index (χ1n) is 4.57. The molecule has 0 bridgehead atoms. The van der Waals surface area contributed by atoms with E-state index in [4.69, 9.17) is 4.74 Å². The van der Waals surface area contributed by atoms with E-state index in [-0.39, 0.29) is 18.4 Å². The first-order valence-corrected chi connectivity index (χ1v) is 6.39. The van der Waals surface area contributed by atoms with Gasteiger partial charge in [-0.2, -0.15) is 0 Å². The molecule has 6 heteroatoms. The zero-order chi connectivity index (χ0) is 9.73. The molecule has 0 aromatic carbocycles. The Hall–Kier alpha value is 0.160. The summed E-state index contributed by atoms with van der Waals surface area (Å²) in [5.74, 6) is 0.648. The van der Waals surface area contributed by atoms with Crippen molar-refractivity contribution in [2.45, 2.75) is 18.9 Å². The van der Waals surface area contributed by atoms with Gasteiger partial charge in [-0.3, -0.25) is 0 Å². The molecule has 1 aliphatic rings. The third-order valence-electron chi connectivity index (χ3n) is 2.19. The Morgan fingerprint density at radius 3 is 2.71 bits per heavy atom.